The summed E-state index contributed by atoms with van der Waals surface area (Å²) in [5.41, 5.74) is 7.01. The Morgan fingerprint density at radius 1 is 1.15 bits per heavy atom. The number of benzene rings is 1. The maximum absolute atomic E-state index is 14.1. The fraction of sp³-hybridized carbons (Fsp3) is 0.406. The number of hydrogen-bond donors (Lipinski definition) is 0. The van der Waals surface area contributed by atoms with Crippen LogP contribution in [0.2, 0.25) is 0 Å². The zero-order chi connectivity index (χ0) is 29.0. The molecule has 0 fully saturated rings. The first kappa shape index (κ1) is 28.9. The van der Waals surface area contributed by atoms with Gasteiger partial charge in [-0.15, -0.1) is 0 Å². The third kappa shape index (κ3) is 5.90. The van der Waals surface area contributed by atoms with Gasteiger partial charge in [-0.25, -0.2) is 0 Å². The van der Waals surface area contributed by atoms with E-state index in [0.717, 1.165) is 47.5 Å². The number of nitrogens with zero attached hydrogens (tertiary/aromatic N) is 5. The fourth-order valence-electron chi connectivity index (χ4n) is 5.11. The van der Waals surface area contributed by atoms with E-state index in [9.17, 15) is 14.9 Å². The van der Waals surface area contributed by atoms with Crippen LogP contribution in [0.5, 0.6) is 5.75 Å². The van der Waals surface area contributed by atoms with E-state index in [4.69, 9.17) is 4.74 Å². The molecule has 3 heterocycles. The quantitative estimate of drug-likeness (QED) is 0.327. The molecule has 208 valence electrons. The van der Waals surface area contributed by atoms with Crippen molar-refractivity contribution in [3.8, 4) is 22.9 Å². The summed E-state index contributed by atoms with van der Waals surface area (Å²) in [4.78, 5) is 39.4. The van der Waals surface area contributed by atoms with Crippen LogP contribution in [0.25, 0.3) is 11.1 Å². The average Bonchev–Trinajstić information content (AvgIpc) is 2.95. The van der Waals surface area contributed by atoms with Crippen molar-refractivity contribution in [2.45, 2.75) is 53.5 Å². The molecule has 8 heteroatoms. The van der Waals surface area contributed by atoms with Gasteiger partial charge in [-0.05, 0) is 83.0 Å². The van der Waals surface area contributed by atoms with Gasteiger partial charge in [-0.1, -0.05) is 13.0 Å². The van der Waals surface area contributed by atoms with E-state index in [1.807, 2.05) is 37.8 Å². The molecule has 4 rings (SSSR count). The SMILES string of the molecule is CCOc1cc([C@H](C)N2CCc3c(cc(CCN(C)CC)cc3-c3cc(C(C)=O)cnc3C)C2=O)ncc1C#N. The highest BCUT2D eigenvalue weighted by Gasteiger charge is 2.32. The van der Waals surface area contributed by atoms with Crippen molar-refractivity contribution in [3.63, 3.8) is 0 Å². The van der Waals surface area contributed by atoms with Crippen molar-refractivity contribution in [2.24, 2.45) is 0 Å². The highest BCUT2D eigenvalue weighted by Crippen LogP contribution is 2.36. The van der Waals surface area contributed by atoms with Gasteiger partial charge in [0.1, 0.15) is 17.4 Å². The normalized spacial score (nSPS) is 13.7. The van der Waals surface area contributed by atoms with E-state index in [1.54, 1.807) is 19.2 Å². The zero-order valence-electron chi connectivity index (χ0n) is 24.2. The molecule has 0 saturated heterocycles. The van der Waals surface area contributed by atoms with E-state index in [2.05, 4.69) is 41.0 Å². The molecule has 1 atom stereocenters. The highest BCUT2D eigenvalue weighted by molar-refractivity contribution is 6.00. The molecule has 1 amide bonds. The smallest absolute Gasteiger partial charge is 0.254 e. The van der Waals surface area contributed by atoms with Crippen molar-refractivity contribution in [3.05, 3.63) is 75.9 Å². The Bertz CT molecular complexity index is 1480. The second kappa shape index (κ2) is 12.4. The van der Waals surface area contributed by atoms with Crippen molar-refractivity contribution in [1.82, 2.24) is 19.8 Å². The minimum Gasteiger partial charge on any atom is -0.492 e. The summed E-state index contributed by atoms with van der Waals surface area (Å²) in [5, 5.41) is 9.42. The molecule has 40 heavy (non-hydrogen) atoms. The third-order valence-corrected chi connectivity index (χ3v) is 7.71. The second-order valence-corrected chi connectivity index (χ2v) is 10.3. The van der Waals surface area contributed by atoms with E-state index in [1.165, 1.54) is 6.20 Å². The number of pyridine rings is 2. The summed E-state index contributed by atoms with van der Waals surface area (Å²) < 4.78 is 5.66. The van der Waals surface area contributed by atoms with Gasteiger partial charge in [0.2, 0.25) is 0 Å². The van der Waals surface area contributed by atoms with Crippen molar-refractivity contribution < 1.29 is 14.3 Å². The number of aryl methyl sites for hydroxylation is 1. The molecular weight excluding hydrogens is 502 g/mol. The topological polar surface area (TPSA) is 99.4 Å². The minimum absolute atomic E-state index is 0.0410. The second-order valence-electron chi connectivity index (χ2n) is 10.3. The summed E-state index contributed by atoms with van der Waals surface area (Å²) in [7, 11) is 2.08. The molecule has 8 nitrogen and oxygen atoms in total. The van der Waals surface area contributed by atoms with Crippen LogP contribution in [0.1, 0.15) is 82.5 Å². The van der Waals surface area contributed by atoms with Crippen LogP contribution in [-0.4, -0.2) is 64.7 Å². The summed E-state index contributed by atoms with van der Waals surface area (Å²) in [6.45, 7) is 12.2. The third-order valence-electron chi connectivity index (χ3n) is 7.71. The number of rotatable bonds is 10. The van der Waals surface area contributed by atoms with Gasteiger partial charge >= 0.3 is 0 Å². The Balaban J connectivity index is 1.78. The van der Waals surface area contributed by atoms with Gasteiger partial charge in [0, 0.05) is 53.9 Å². The molecule has 0 bridgehead atoms. The van der Waals surface area contributed by atoms with Gasteiger partial charge in [-0.2, -0.15) is 5.26 Å². The van der Waals surface area contributed by atoms with Gasteiger partial charge < -0.3 is 14.5 Å². The van der Waals surface area contributed by atoms with Crippen LogP contribution in [0.3, 0.4) is 0 Å². The monoisotopic (exact) mass is 539 g/mol. The average molecular weight is 540 g/mol. The van der Waals surface area contributed by atoms with Crippen LogP contribution >= 0.6 is 0 Å². The molecule has 1 aliphatic heterocycles. The molecular formula is C32H37N5O3. The lowest BCUT2D eigenvalue weighted by molar-refractivity contribution is 0.0668. The number of amides is 1. The first-order chi connectivity index (χ1) is 19.2. The van der Waals surface area contributed by atoms with Crippen LogP contribution in [0, 0.1) is 18.3 Å². The predicted octanol–water partition coefficient (Wildman–Crippen LogP) is 5.18. The fourth-order valence-corrected chi connectivity index (χ4v) is 5.11. The Kier molecular flexibility index (Phi) is 8.96. The number of Topliss-reactive ketones (excluding diaryl/α,β-unsaturated/α-hetero) is 1. The molecule has 0 radical (unpaired) electrons. The van der Waals surface area contributed by atoms with Gasteiger partial charge in [0.05, 0.1) is 18.3 Å². The van der Waals surface area contributed by atoms with Gasteiger partial charge in [0.15, 0.2) is 5.78 Å². The number of carbonyl (C=O) groups excluding carboxylic acids is 2. The number of carbonyl (C=O) groups is 2. The number of ketones is 1. The molecule has 0 aliphatic carbocycles. The summed E-state index contributed by atoms with van der Waals surface area (Å²) in [6.07, 6.45) is 4.58. The van der Waals surface area contributed by atoms with Crippen LogP contribution in [-0.2, 0) is 12.8 Å². The van der Waals surface area contributed by atoms with E-state index in [-0.39, 0.29) is 17.7 Å². The van der Waals surface area contributed by atoms with Gasteiger partial charge in [0.25, 0.3) is 5.91 Å². The van der Waals surface area contributed by atoms with Crippen molar-refractivity contribution in [1.29, 1.82) is 5.26 Å². The maximum Gasteiger partial charge on any atom is 0.254 e. The maximum atomic E-state index is 14.1. The molecule has 0 saturated carbocycles. The summed E-state index contributed by atoms with van der Waals surface area (Å²) in [6, 6.07) is 9.66. The first-order valence-electron chi connectivity index (χ1n) is 13.8. The minimum atomic E-state index is -0.310. The highest BCUT2D eigenvalue weighted by atomic mass is 16.5. The number of nitriles is 1. The van der Waals surface area contributed by atoms with Crippen LogP contribution < -0.4 is 4.74 Å². The number of hydrogen-bond acceptors (Lipinski definition) is 7. The number of likely N-dealkylation sites (N-methyl/N-ethyl adjacent to an activating group) is 1. The predicted molar refractivity (Wildman–Crippen MR) is 155 cm³/mol. The Morgan fingerprint density at radius 2 is 1.90 bits per heavy atom. The lowest BCUT2D eigenvalue weighted by Gasteiger charge is -2.35. The molecule has 2 aromatic heterocycles. The summed E-state index contributed by atoms with van der Waals surface area (Å²) in [5.74, 6) is 0.378. The summed E-state index contributed by atoms with van der Waals surface area (Å²) >= 11 is 0. The van der Waals surface area contributed by atoms with Crippen LogP contribution in [0.15, 0.2) is 36.7 Å². The zero-order valence-corrected chi connectivity index (χ0v) is 24.2. The Morgan fingerprint density at radius 3 is 2.58 bits per heavy atom. The number of ether oxygens (including phenoxy) is 1. The van der Waals surface area contributed by atoms with Crippen molar-refractivity contribution >= 4 is 11.7 Å². The molecule has 0 unspecified atom stereocenters. The molecule has 1 aliphatic rings. The van der Waals surface area contributed by atoms with E-state index < -0.39 is 0 Å². The molecule has 0 N–H and O–H groups in total. The van der Waals surface area contributed by atoms with Gasteiger partial charge in [-0.3, -0.25) is 19.6 Å². The Hall–Kier alpha value is -4.09. The molecule has 1 aromatic carbocycles. The van der Waals surface area contributed by atoms with E-state index in [0.29, 0.717) is 47.7 Å². The molecule has 3 aromatic rings. The molecule has 0 spiro atoms. The Labute approximate surface area is 236 Å². The number of fused-ring (bicyclic) bond motifs is 1. The number of aromatic nitrogens is 2. The standard InChI is InChI=1S/C32H37N5O3/c1-7-36(6)11-9-23-13-28(27-15-24(22(5)38)18-34-20(27)3)26-10-12-37(32(39)29(26)14-23)21(4)30-16-31(40-8-2)25(17-33)19-35-30/h13-16,18-19,21H,7-12H2,1-6H3/t21-/m0/s1. The lowest BCUT2D eigenvalue weighted by atomic mass is 9.86. The van der Waals surface area contributed by atoms with E-state index >= 15 is 0 Å². The lowest BCUT2D eigenvalue weighted by Crippen LogP contribution is -2.40. The van der Waals surface area contributed by atoms with Crippen LogP contribution in [0.4, 0.5) is 0 Å². The first-order valence-corrected chi connectivity index (χ1v) is 13.8. The largest absolute Gasteiger partial charge is 0.492 e. The van der Waals surface area contributed by atoms with Crippen molar-refractivity contribution in [2.75, 3.05) is 33.3 Å².